The van der Waals surface area contributed by atoms with E-state index in [4.69, 9.17) is 24.9 Å². The van der Waals surface area contributed by atoms with Crippen LogP contribution in [0.25, 0.3) is 56.1 Å². The van der Waals surface area contributed by atoms with E-state index in [1.165, 1.54) is 0 Å². The van der Waals surface area contributed by atoms with Gasteiger partial charge >= 0.3 is 0 Å². The lowest BCUT2D eigenvalue weighted by atomic mass is 9.80. The Balaban J connectivity index is 0.618. The van der Waals surface area contributed by atoms with Crippen molar-refractivity contribution in [2.45, 2.75) is 109 Å². The van der Waals surface area contributed by atoms with Crippen LogP contribution < -0.4 is 0 Å². The maximum Gasteiger partial charge on any atom is 0.226 e. The summed E-state index contributed by atoms with van der Waals surface area (Å²) in [7, 11) is 0. The largest absolute Gasteiger partial charge is 0.393 e. The molecule has 2 saturated heterocycles. The fourth-order valence-corrected chi connectivity index (χ4v) is 10.6. The van der Waals surface area contributed by atoms with Crippen molar-refractivity contribution >= 4 is 22.8 Å². The molecule has 362 valence electrons. The monoisotopic (exact) mass is 946 g/mol. The lowest BCUT2D eigenvalue weighted by molar-refractivity contribution is -0.151. The van der Waals surface area contributed by atoms with Gasteiger partial charge in [-0.25, -0.2) is 19.0 Å². The van der Waals surface area contributed by atoms with Gasteiger partial charge in [-0.2, -0.15) is 30.6 Å². The van der Waals surface area contributed by atoms with E-state index in [2.05, 4.69) is 53.6 Å². The smallest absolute Gasteiger partial charge is 0.226 e. The first-order valence-corrected chi connectivity index (χ1v) is 24.9. The van der Waals surface area contributed by atoms with Gasteiger partial charge in [-0.15, -0.1) is 0 Å². The van der Waals surface area contributed by atoms with E-state index in [0.29, 0.717) is 51.7 Å². The van der Waals surface area contributed by atoms with Crippen molar-refractivity contribution in [3.05, 3.63) is 86.5 Å². The second-order valence-corrected chi connectivity index (χ2v) is 19.7. The first kappa shape index (κ1) is 44.2. The van der Waals surface area contributed by atoms with E-state index >= 15 is 0 Å². The topological polar surface area (TPSA) is 202 Å². The number of likely N-dealkylation sites (tertiary alicyclic amines) is 2. The number of hydrogen-bond donors (Lipinski definition) is 1. The summed E-state index contributed by atoms with van der Waals surface area (Å²) in [5, 5.41) is 37.5. The first-order chi connectivity index (χ1) is 34.2. The van der Waals surface area contributed by atoms with E-state index in [1.54, 1.807) is 12.4 Å². The van der Waals surface area contributed by atoms with Crippen molar-refractivity contribution < 1.29 is 19.4 Å². The molecule has 10 heterocycles. The second kappa shape index (κ2) is 18.0. The van der Waals surface area contributed by atoms with Crippen LogP contribution in [0.2, 0.25) is 0 Å². The molecule has 12 rings (SSSR count). The minimum atomic E-state index is -0.343. The molecule has 2 aliphatic heterocycles. The van der Waals surface area contributed by atoms with Crippen LogP contribution in [0.15, 0.2) is 86.5 Å². The molecule has 0 bridgehead atoms. The van der Waals surface area contributed by atoms with E-state index < -0.39 is 0 Å². The summed E-state index contributed by atoms with van der Waals surface area (Å²) in [6.45, 7) is 9.60. The van der Waals surface area contributed by atoms with Gasteiger partial charge in [0, 0.05) is 91.7 Å². The van der Waals surface area contributed by atoms with Gasteiger partial charge in [-0.1, -0.05) is 20.8 Å². The van der Waals surface area contributed by atoms with Crippen LogP contribution in [0.3, 0.4) is 0 Å². The van der Waals surface area contributed by atoms with Crippen molar-refractivity contribution in [2.24, 2.45) is 11.8 Å². The summed E-state index contributed by atoms with van der Waals surface area (Å²) in [5.74, 6) is 0.265. The third-order valence-electron chi connectivity index (χ3n) is 15.3. The Bertz CT molecular complexity index is 3170. The van der Waals surface area contributed by atoms with Gasteiger partial charge in [0.05, 0.1) is 120 Å². The number of rotatable bonds is 17. The fraction of sp³-hybridized carbons (Fsp3) is 0.480. The van der Waals surface area contributed by atoms with E-state index in [-0.39, 0.29) is 54.0 Å². The number of fused-ring (bicyclic) bond motifs is 2. The predicted molar refractivity (Wildman–Crippen MR) is 257 cm³/mol. The van der Waals surface area contributed by atoms with Gasteiger partial charge in [-0.3, -0.25) is 28.3 Å². The molecule has 2 amide bonds. The molecular formula is C50H58N16O4. The number of carbonyl (C=O) groups excluding carboxylic acids is 2. The molecule has 1 N–H and O–H groups in total. The van der Waals surface area contributed by atoms with E-state index in [0.717, 1.165) is 94.6 Å². The van der Waals surface area contributed by atoms with Crippen LogP contribution in [-0.2, 0) is 14.3 Å². The quantitative estimate of drug-likeness (QED) is 0.112. The Hall–Kier alpha value is -7.06. The highest BCUT2D eigenvalue weighted by Crippen LogP contribution is 2.37. The van der Waals surface area contributed by atoms with Crippen LogP contribution in [0.5, 0.6) is 0 Å². The standard InChI is InChI=1S/C50H58N16O4/c1-4-37(5-2)61-23-35(19-55-61)47-45-7-10-51-65(45)29-43(57-47)33-17-54-64(22-33)40-27-60(28-40)50(69)32-15-42(16-32)70-12-9-38(6-3)62-24-36(20-56-62)48-46-8-11-52-66(46)30-44(58-48)34-18-53-63(21-34)39-25-59(26-39)49(68)31-13-41(67)14-31/h7-8,10-11,17-24,29-32,37-42,67H,4-6,9,12-16,25-28H2,1-3H3. The summed E-state index contributed by atoms with van der Waals surface area (Å²) in [6.07, 6.45) is 29.0. The fourth-order valence-electron chi connectivity index (χ4n) is 10.6. The molecule has 1 unspecified atom stereocenters. The third kappa shape index (κ3) is 8.05. The molecule has 20 nitrogen and oxygen atoms in total. The summed E-state index contributed by atoms with van der Waals surface area (Å²) >= 11 is 0. The summed E-state index contributed by atoms with van der Waals surface area (Å²) in [5.41, 5.74) is 8.53. The Morgan fingerprint density at radius 3 is 1.56 bits per heavy atom. The number of aromatic nitrogens is 14. The molecule has 0 spiro atoms. The first-order valence-electron chi connectivity index (χ1n) is 24.9. The number of nitrogens with zero attached hydrogens (tertiary/aromatic N) is 16. The van der Waals surface area contributed by atoms with Gasteiger partial charge in [0.25, 0.3) is 0 Å². The van der Waals surface area contributed by atoms with Crippen LogP contribution in [-0.4, -0.2) is 140 Å². The zero-order valence-corrected chi connectivity index (χ0v) is 39.7. The molecule has 1 atom stereocenters. The van der Waals surface area contributed by atoms with Crippen molar-refractivity contribution in [3.63, 3.8) is 0 Å². The SMILES string of the molecule is CCC(CC)n1cc(-c2nc(-c3cnn(C4CN(C(=O)C5CC(OCCC(CC)n6cc(-c7nc(-c8cnn(C9CN(C(=O)C%10CC(O)C%10)C9)c8)cn8nccc78)cn6)C5)C4)c3)cn3nccc23)cn1. The molecule has 2 aliphatic carbocycles. The van der Waals surface area contributed by atoms with Crippen LogP contribution in [0.1, 0.15) is 96.3 Å². The van der Waals surface area contributed by atoms with Crippen LogP contribution in [0.4, 0.5) is 0 Å². The Morgan fingerprint density at radius 2 is 1.07 bits per heavy atom. The number of ether oxygens (including phenoxy) is 1. The minimum Gasteiger partial charge on any atom is -0.393 e. The van der Waals surface area contributed by atoms with Gasteiger partial charge < -0.3 is 19.6 Å². The Morgan fingerprint density at radius 1 is 0.600 bits per heavy atom. The Labute approximate surface area is 403 Å². The van der Waals surface area contributed by atoms with Crippen molar-refractivity contribution in [1.82, 2.24) is 78.1 Å². The van der Waals surface area contributed by atoms with Gasteiger partial charge in [0.2, 0.25) is 11.8 Å². The molecule has 0 aromatic carbocycles. The molecule has 70 heavy (non-hydrogen) atoms. The number of amides is 2. The molecule has 8 aromatic heterocycles. The highest BCUT2D eigenvalue weighted by Gasteiger charge is 2.43. The maximum absolute atomic E-state index is 13.5. The van der Waals surface area contributed by atoms with Gasteiger partial charge in [0.15, 0.2) is 0 Å². The summed E-state index contributed by atoms with van der Waals surface area (Å²) in [6, 6.07) is 4.62. The predicted octanol–water partition coefficient (Wildman–Crippen LogP) is 5.96. The summed E-state index contributed by atoms with van der Waals surface area (Å²) < 4.78 is 18.0. The second-order valence-electron chi connectivity index (χ2n) is 19.7. The van der Waals surface area contributed by atoms with Crippen molar-refractivity contribution in [2.75, 3.05) is 32.8 Å². The average molecular weight is 947 g/mol. The number of hydrogen-bond acceptors (Lipinski definition) is 12. The molecule has 8 aromatic rings. The van der Waals surface area contributed by atoms with Crippen LogP contribution >= 0.6 is 0 Å². The van der Waals surface area contributed by atoms with Gasteiger partial charge in [0.1, 0.15) is 0 Å². The molecule has 4 aliphatic rings. The molecule has 4 fully saturated rings. The highest BCUT2D eigenvalue weighted by molar-refractivity contribution is 5.82. The molecule has 0 radical (unpaired) electrons. The van der Waals surface area contributed by atoms with Crippen molar-refractivity contribution in [3.8, 4) is 45.0 Å². The zero-order chi connectivity index (χ0) is 47.6. The molecule has 20 heteroatoms. The Kier molecular flexibility index (Phi) is 11.4. The average Bonchev–Trinajstić information content (AvgIpc) is 4.18. The van der Waals surface area contributed by atoms with Crippen molar-refractivity contribution in [1.29, 1.82) is 0 Å². The van der Waals surface area contributed by atoms with E-state index in [1.807, 2.05) is 99.3 Å². The lowest BCUT2D eigenvalue weighted by Gasteiger charge is -2.44. The molecular weight excluding hydrogens is 889 g/mol. The highest BCUT2D eigenvalue weighted by atomic mass is 16.5. The van der Waals surface area contributed by atoms with Gasteiger partial charge in [-0.05, 0) is 63.5 Å². The molecule has 2 saturated carbocycles. The number of aliphatic hydroxyl groups excluding tert-OH is 1. The minimum absolute atomic E-state index is 0.0158. The normalized spacial score (nSPS) is 21.0. The zero-order valence-electron chi connectivity index (χ0n) is 39.7. The lowest BCUT2D eigenvalue weighted by Crippen LogP contribution is -2.55. The number of carbonyl (C=O) groups is 2. The third-order valence-corrected chi connectivity index (χ3v) is 15.3. The van der Waals surface area contributed by atoms with E-state index in [9.17, 15) is 14.7 Å². The summed E-state index contributed by atoms with van der Waals surface area (Å²) in [4.78, 5) is 40.2. The maximum atomic E-state index is 13.5. The number of aliphatic hydroxyl groups is 1. The van der Waals surface area contributed by atoms with Crippen LogP contribution in [0, 0.1) is 11.8 Å².